The largest absolute Gasteiger partial charge is 0.375 e. The van der Waals surface area contributed by atoms with Crippen LogP contribution in [0.25, 0.3) is 0 Å². The van der Waals surface area contributed by atoms with Crippen molar-refractivity contribution in [2.45, 2.75) is 25.7 Å². The van der Waals surface area contributed by atoms with E-state index in [2.05, 4.69) is 10.6 Å². The summed E-state index contributed by atoms with van der Waals surface area (Å²) < 4.78 is 40.0. The lowest BCUT2D eigenvalue weighted by atomic mass is 10.2. The van der Waals surface area contributed by atoms with Crippen molar-refractivity contribution in [1.29, 1.82) is 0 Å². The van der Waals surface area contributed by atoms with Gasteiger partial charge in [0.15, 0.2) is 0 Å². The molecule has 0 aliphatic rings. The number of benzene rings is 2. The summed E-state index contributed by atoms with van der Waals surface area (Å²) in [4.78, 5) is 12.4. The van der Waals surface area contributed by atoms with Crippen molar-refractivity contribution in [1.82, 2.24) is 4.31 Å². The number of aryl methyl sites for hydroxylation is 1. The minimum absolute atomic E-state index is 0.114. The average Bonchev–Trinajstić information content (AvgIpc) is 2.63. The predicted molar refractivity (Wildman–Crippen MR) is 110 cm³/mol. The summed E-state index contributed by atoms with van der Waals surface area (Å²) in [5, 5.41) is 5.63. The Morgan fingerprint density at radius 3 is 2.43 bits per heavy atom. The van der Waals surface area contributed by atoms with Gasteiger partial charge in [0.25, 0.3) is 0 Å². The molecule has 2 N–H and O–H groups in total. The van der Waals surface area contributed by atoms with Gasteiger partial charge in [-0.1, -0.05) is 31.5 Å². The third-order valence-electron chi connectivity index (χ3n) is 4.17. The van der Waals surface area contributed by atoms with E-state index in [9.17, 15) is 17.6 Å². The molecular formula is C19H23ClFN3O3S. The van der Waals surface area contributed by atoms with Crippen LogP contribution in [0.3, 0.4) is 0 Å². The van der Waals surface area contributed by atoms with E-state index in [0.29, 0.717) is 30.0 Å². The van der Waals surface area contributed by atoms with Crippen LogP contribution < -0.4 is 10.6 Å². The van der Waals surface area contributed by atoms with E-state index in [1.54, 1.807) is 32.9 Å². The van der Waals surface area contributed by atoms with Crippen LogP contribution in [-0.2, 0) is 14.8 Å². The van der Waals surface area contributed by atoms with Gasteiger partial charge in [-0.15, -0.1) is 0 Å². The number of halogens is 2. The second-order valence-corrected chi connectivity index (χ2v) is 8.41. The molecule has 0 aliphatic heterocycles. The number of carbonyl (C=O) groups is 1. The average molecular weight is 428 g/mol. The molecule has 152 valence electrons. The van der Waals surface area contributed by atoms with Crippen LogP contribution in [0.4, 0.5) is 15.8 Å². The van der Waals surface area contributed by atoms with Crippen molar-refractivity contribution in [3.8, 4) is 0 Å². The maximum Gasteiger partial charge on any atom is 0.243 e. The number of rotatable bonds is 8. The Labute approximate surface area is 169 Å². The summed E-state index contributed by atoms with van der Waals surface area (Å²) in [5.41, 5.74) is 1.39. The molecule has 2 rings (SSSR count). The Morgan fingerprint density at radius 1 is 1.14 bits per heavy atom. The van der Waals surface area contributed by atoms with Crippen LogP contribution in [-0.4, -0.2) is 38.3 Å². The number of amides is 1. The molecule has 0 spiro atoms. The van der Waals surface area contributed by atoms with Gasteiger partial charge in [0.1, 0.15) is 5.82 Å². The van der Waals surface area contributed by atoms with Crippen LogP contribution >= 0.6 is 11.6 Å². The molecule has 0 aliphatic carbocycles. The van der Waals surface area contributed by atoms with E-state index in [4.69, 9.17) is 11.6 Å². The number of anilines is 2. The van der Waals surface area contributed by atoms with E-state index < -0.39 is 21.7 Å². The third-order valence-corrected chi connectivity index (χ3v) is 6.67. The highest BCUT2D eigenvalue weighted by Crippen LogP contribution is 2.24. The molecule has 9 heteroatoms. The molecule has 28 heavy (non-hydrogen) atoms. The van der Waals surface area contributed by atoms with Gasteiger partial charge in [-0.3, -0.25) is 4.79 Å². The minimum atomic E-state index is -3.64. The minimum Gasteiger partial charge on any atom is -0.375 e. The molecule has 0 fully saturated rings. The number of nitrogens with one attached hydrogen (secondary N) is 2. The number of hydrogen-bond acceptors (Lipinski definition) is 4. The first kappa shape index (κ1) is 22.1. The standard InChI is InChI=1S/C19H23ClFN3O3S/c1-4-24(5-2)28(26,27)18-11-15(8-6-13(18)3)23-19(25)12-22-17-9-7-14(21)10-16(17)20/h6-11,22H,4-5,12H2,1-3H3,(H,23,25). The van der Waals surface area contributed by atoms with Crippen molar-refractivity contribution in [3.05, 3.63) is 52.8 Å². The zero-order valence-corrected chi connectivity index (χ0v) is 17.5. The predicted octanol–water partition coefficient (Wildman–Crippen LogP) is 3.87. The molecule has 0 saturated carbocycles. The van der Waals surface area contributed by atoms with E-state index in [0.717, 1.165) is 6.07 Å². The first-order valence-electron chi connectivity index (χ1n) is 8.78. The second-order valence-electron chi connectivity index (χ2n) is 6.10. The van der Waals surface area contributed by atoms with Gasteiger partial charge in [0, 0.05) is 18.8 Å². The van der Waals surface area contributed by atoms with E-state index in [1.165, 1.54) is 22.5 Å². The molecule has 0 aromatic heterocycles. The number of sulfonamides is 1. The molecule has 1 amide bonds. The van der Waals surface area contributed by atoms with E-state index in [1.807, 2.05) is 0 Å². The summed E-state index contributed by atoms with van der Waals surface area (Å²) >= 11 is 5.91. The van der Waals surface area contributed by atoms with Crippen molar-refractivity contribution < 1.29 is 17.6 Å². The van der Waals surface area contributed by atoms with Gasteiger partial charge >= 0.3 is 0 Å². The SMILES string of the molecule is CCN(CC)S(=O)(=O)c1cc(NC(=O)CNc2ccc(F)cc2Cl)ccc1C. The molecule has 0 radical (unpaired) electrons. The van der Waals surface area contributed by atoms with Gasteiger partial charge in [-0.05, 0) is 42.8 Å². The van der Waals surface area contributed by atoms with Gasteiger partial charge < -0.3 is 10.6 Å². The lowest BCUT2D eigenvalue weighted by Gasteiger charge is -2.20. The van der Waals surface area contributed by atoms with Gasteiger partial charge in [-0.2, -0.15) is 4.31 Å². The van der Waals surface area contributed by atoms with Crippen molar-refractivity contribution in [2.24, 2.45) is 0 Å². The van der Waals surface area contributed by atoms with Crippen molar-refractivity contribution in [3.63, 3.8) is 0 Å². The molecule has 0 bridgehead atoms. The van der Waals surface area contributed by atoms with Crippen LogP contribution in [0.2, 0.25) is 5.02 Å². The first-order valence-corrected chi connectivity index (χ1v) is 10.6. The van der Waals surface area contributed by atoms with Crippen molar-refractivity contribution >= 4 is 38.9 Å². The van der Waals surface area contributed by atoms with Crippen LogP contribution in [0.1, 0.15) is 19.4 Å². The summed E-state index contributed by atoms with van der Waals surface area (Å²) in [6.45, 7) is 5.86. The van der Waals surface area contributed by atoms with Crippen molar-refractivity contribution in [2.75, 3.05) is 30.3 Å². The number of hydrogen-bond donors (Lipinski definition) is 2. The fraction of sp³-hybridized carbons (Fsp3) is 0.316. The molecule has 2 aromatic rings. The normalized spacial score (nSPS) is 11.5. The molecule has 0 unspecified atom stereocenters. The lowest BCUT2D eigenvalue weighted by molar-refractivity contribution is -0.114. The molecule has 6 nitrogen and oxygen atoms in total. The maximum absolute atomic E-state index is 13.1. The highest BCUT2D eigenvalue weighted by Gasteiger charge is 2.24. The summed E-state index contributed by atoms with van der Waals surface area (Å²) in [6, 6.07) is 8.55. The maximum atomic E-state index is 13.1. The van der Waals surface area contributed by atoms with Gasteiger partial charge in [0.05, 0.1) is 22.2 Å². The van der Waals surface area contributed by atoms with Gasteiger partial charge in [0.2, 0.25) is 15.9 Å². The lowest BCUT2D eigenvalue weighted by Crippen LogP contribution is -2.31. The fourth-order valence-corrected chi connectivity index (χ4v) is 4.61. The fourth-order valence-electron chi connectivity index (χ4n) is 2.67. The molecule has 0 saturated heterocycles. The molecule has 2 aromatic carbocycles. The summed E-state index contributed by atoms with van der Waals surface area (Å²) in [6.07, 6.45) is 0. The number of carbonyl (C=O) groups excluding carboxylic acids is 1. The van der Waals surface area contributed by atoms with Gasteiger partial charge in [-0.25, -0.2) is 12.8 Å². The Bertz CT molecular complexity index is 963. The summed E-state index contributed by atoms with van der Waals surface area (Å²) in [5.74, 6) is -0.864. The van der Waals surface area contributed by atoms with E-state index >= 15 is 0 Å². The highest BCUT2D eigenvalue weighted by molar-refractivity contribution is 7.89. The molecule has 0 heterocycles. The topological polar surface area (TPSA) is 78.5 Å². The zero-order chi connectivity index (χ0) is 20.9. The number of nitrogens with zero attached hydrogens (tertiary/aromatic N) is 1. The van der Waals surface area contributed by atoms with Crippen LogP contribution in [0.5, 0.6) is 0 Å². The Morgan fingerprint density at radius 2 is 1.82 bits per heavy atom. The third kappa shape index (κ3) is 5.21. The smallest absolute Gasteiger partial charge is 0.243 e. The molecule has 0 atom stereocenters. The zero-order valence-electron chi connectivity index (χ0n) is 15.9. The summed E-state index contributed by atoms with van der Waals surface area (Å²) in [7, 11) is -3.64. The van der Waals surface area contributed by atoms with Crippen LogP contribution in [0.15, 0.2) is 41.3 Å². The molecular weight excluding hydrogens is 405 g/mol. The Balaban J connectivity index is 2.13. The van der Waals surface area contributed by atoms with Crippen LogP contribution in [0, 0.1) is 12.7 Å². The second kappa shape index (κ2) is 9.36. The first-order chi connectivity index (χ1) is 13.2. The monoisotopic (exact) mass is 427 g/mol. The quantitative estimate of drug-likeness (QED) is 0.670. The highest BCUT2D eigenvalue weighted by atomic mass is 35.5. The Hall–Kier alpha value is -2.16. The van der Waals surface area contributed by atoms with E-state index in [-0.39, 0.29) is 16.5 Å². The Kier molecular flexibility index (Phi) is 7.40.